The molecule has 0 saturated carbocycles. The van der Waals surface area contributed by atoms with E-state index in [0.717, 1.165) is 29.3 Å². The molecular formula is C19H26FN3O2. The number of aromatic nitrogens is 1. The fraction of sp³-hybridized carbons (Fsp3) is 0.526. The molecule has 1 saturated heterocycles. The van der Waals surface area contributed by atoms with E-state index in [1.165, 1.54) is 12.1 Å². The first kappa shape index (κ1) is 17.7. The molecule has 1 unspecified atom stereocenters. The minimum Gasteiger partial charge on any atom is -0.444 e. The maximum Gasteiger partial charge on any atom is 0.410 e. The number of amides is 1. The van der Waals surface area contributed by atoms with Gasteiger partial charge in [0.25, 0.3) is 0 Å². The summed E-state index contributed by atoms with van der Waals surface area (Å²) in [6, 6.07) is 4.69. The summed E-state index contributed by atoms with van der Waals surface area (Å²) in [7, 11) is 0. The van der Waals surface area contributed by atoms with Crippen molar-refractivity contribution >= 4 is 17.0 Å². The third-order valence-electron chi connectivity index (χ3n) is 4.72. The summed E-state index contributed by atoms with van der Waals surface area (Å²) in [6.07, 6.45) is 3.40. The van der Waals surface area contributed by atoms with E-state index in [-0.39, 0.29) is 23.9 Å². The van der Waals surface area contributed by atoms with Crippen LogP contribution in [-0.2, 0) is 4.74 Å². The average Bonchev–Trinajstić information content (AvgIpc) is 3.14. The van der Waals surface area contributed by atoms with Gasteiger partial charge in [0.2, 0.25) is 0 Å². The zero-order chi connectivity index (χ0) is 18.2. The Kier molecular flexibility index (Phi) is 4.73. The number of aromatic amines is 1. The molecule has 0 aliphatic carbocycles. The van der Waals surface area contributed by atoms with E-state index in [1.807, 2.05) is 27.0 Å². The average molecular weight is 347 g/mol. The van der Waals surface area contributed by atoms with E-state index >= 15 is 0 Å². The zero-order valence-electron chi connectivity index (χ0n) is 15.0. The van der Waals surface area contributed by atoms with Gasteiger partial charge in [-0.05, 0) is 57.4 Å². The van der Waals surface area contributed by atoms with E-state index in [2.05, 4.69) is 4.98 Å². The highest BCUT2D eigenvalue weighted by molar-refractivity contribution is 5.84. The van der Waals surface area contributed by atoms with Crippen molar-refractivity contribution in [1.82, 2.24) is 9.88 Å². The Labute approximate surface area is 147 Å². The highest BCUT2D eigenvalue weighted by atomic mass is 19.1. The molecule has 1 amide bonds. The maximum absolute atomic E-state index is 13.4. The van der Waals surface area contributed by atoms with Crippen LogP contribution in [-0.4, -0.2) is 40.7 Å². The Morgan fingerprint density at radius 3 is 2.92 bits per heavy atom. The van der Waals surface area contributed by atoms with E-state index < -0.39 is 5.60 Å². The van der Waals surface area contributed by atoms with Gasteiger partial charge in [0.1, 0.15) is 11.4 Å². The largest absolute Gasteiger partial charge is 0.444 e. The highest BCUT2D eigenvalue weighted by Crippen LogP contribution is 2.35. The minimum absolute atomic E-state index is 0.0103. The van der Waals surface area contributed by atoms with Gasteiger partial charge in [0.15, 0.2) is 0 Å². The van der Waals surface area contributed by atoms with Gasteiger partial charge in [0.05, 0.1) is 0 Å². The van der Waals surface area contributed by atoms with Crippen LogP contribution in [0.2, 0.25) is 0 Å². The molecule has 6 heteroatoms. The van der Waals surface area contributed by atoms with Gasteiger partial charge in [-0.1, -0.05) is 0 Å². The van der Waals surface area contributed by atoms with Gasteiger partial charge in [-0.25, -0.2) is 9.18 Å². The predicted octanol–water partition coefficient (Wildman–Crippen LogP) is 3.75. The monoisotopic (exact) mass is 347 g/mol. The summed E-state index contributed by atoms with van der Waals surface area (Å²) < 4.78 is 19.0. The number of carbonyl (C=O) groups excluding carboxylic acids is 1. The number of ether oxygens (including phenoxy) is 1. The Balaban J connectivity index is 1.89. The van der Waals surface area contributed by atoms with Crippen molar-refractivity contribution in [3.05, 3.63) is 35.8 Å². The minimum atomic E-state index is -0.527. The van der Waals surface area contributed by atoms with Gasteiger partial charge in [0, 0.05) is 42.1 Å². The number of benzene rings is 1. The van der Waals surface area contributed by atoms with E-state index in [0.29, 0.717) is 13.1 Å². The van der Waals surface area contributed by atoms with Crippen molar-refractivity contribution in [3.8, 4) is 0 Å². The first-order valence-corrected chi connectivity index (χ1v) is 8.76. The summed E-state index contributed by atoms with van der Waals surface area (Å²) in [5.41, 5.74) is 7.33. The molecule has 25 heavy (non-hydrogen) atoms. The van der Waals surface area contributed by atoms with Gasteiger partial charge < -0.3 is 20.4 Å². The lowest BCUT2D eigenvalue weighted by Crippen LogP contribution is -2.43. The summed E-state index contributed by atoms with van der Waals surface area (Å²) in [5.74, 6) is -0.296. The van der Waals surface area contributed by atoms with Crippen LogP contribution in [0.3, 0.4) is 0 Å². The number of nitrogens with zero attached hydrogens (tertiary/aromatic N) is 1. The van der Waals surface area contributed by atoms with Crippen LogP contribution in [0.4, 0.5) is 9.18 Å². The molecule has 0 radical (unpaired) electrons. The maximum atomic E-state index is 13.4. The van der Waals surface area contributed by atoms with Gasteiger partial charge in [-0.15, -0.1) is 0 Å². The van der Waals surface area contributed by atoms with Gasteiger partial charge in [-0.2, -0.15) is 0 Å². The molecule has 1 aromatic heterocycles. The standard InChI is InChI=1S/C19H26FN3O2/c1-19(2,3)25-18(24)23-8-4-5-17(23)14(10-21)15-11-22-16-9-12(20)6-7-13(15)16/h6-7,9,11,14,17,22H,4-5,8,10,21H2,1-3H3/t14?,17-/m0/s1. The number of fused-ring (bicyclic) bond motifs is 1. The first-order valence-electron chi connectivity index (χ1n) is 8.76. The van der Waals surface area contributed by atoms with Crippen LogP contribution < -0.4 is 5.73 Å². The quantitative estimate of drug-likeness (QED) is 0.888. The Hall–Kier alpha value is -2.08. The number of carbonyl (C=O) groups is 1. The molecule has 3 rings (SSSR count). The summed E-state index contributed by atoms with van der Waals surface area (Å²) in [5, 5.41) is 0.952. The SMILES string of the molecule is CC(C)(C)OC(=O)N1CCC[C@H]1C(CN)c1c[nH]c2cc(F)ccc12. The van der Waals surface area contributed by atoms with Crippen molar-refractivity contribution in [3.63, 3.8) is 0 Å². The lowest BCUT2D eigenvalue weighted by Gasteiger charge is -2.32. The normalized spacial score (nSPS) is 19.4. The van der Waals surface area contributed by atoms with Crippen LogP contribution in [0.15, 0.2) is 24.4 Å². The molecule has 2 aromatic rings. The van der Waals surface area contributed by atoms with Crippen LogP contribution >= 0.6 is 0 Å². The zero-order valence-corrected chi connectivity index (χ0v) is 15.0. The van der Waals surface area contributed by atoms with E-state index in [9.17, 15) is 9.18 Å². The molecule has 136 valence electrons. The van der Waals surface area contributed by atoms with Crippen molar-refractivity contribution in [2.45, 2.75) is 51.2 Å². The molecule has 1 fully saturated rings. The lowest BCUT2D eigenvalue weighted by molar-refractivity contribution is 0.0207. The Bertz CT molecular complexity index is 766. The second-order valence-corrected chi connectivity index (χ2v) is 7.66. The Morgan fingerprint density at radius 2 is 2.24 bits per heavy atom. The van der Waals surface area contributed by atoms with Crippen LogP contribution in [0.25, 0.3) is 10.9 Å². The molecule has 0 spiro atoms. The molecule has 5 nitrogen and oxygen atoms in total. The van der Waals surface area contributed by atoms with Gasteiger partial charge >= 0.3 is 6.09 Å². The molecule has 2 atom stereocenters. The summed E-state index contributed by atoms with van der Waals surface area (Å²) >= 11 is 0. The number of likely N-dealkylation sites (tertiary alicyclic amines) is 1. The van der Waals surface area contributed by atoms with Gasteiger partial charge in [-0.3, -0.25) is 0 Å². The van der Waals surface area contributed by atoms with Crippen LogP contribution in [0.5, 0.6) is 0 Å². The molecule has 1 aromatic carbocycles. The number of nitrogens with one attached hydrogen (secondary N) is 1. The molecule has 1 aliphatic heterocycles. The third kappa shape index (κ3) is 3.63. The molecule has 0 bridgehead atoms. The predicted molar refractivity (Wildman–Crippen MR) is 96.0 cm³/mol. The topological polar surface area (TPSA) is 71.3 Å². The number of rotatable bonds is 3. The van der Waals surface area contributed by atoms with Crippen molar-refractivity contribution < 1.29 is 13.9 Å². The molecule has 3 N–H and O–H groups in total. The number of hydrogen-bond donors (Lipinski definition) is 2. The number of H-pyrrole nitrogens is 1. The number of hydrogen-bond acceptors (Lipinski definition) is 3. The van der Waals surface area contributed by atoms with Crippen molar-refractivity contribution in [2.24, 2.45) is 5.73 Å². The van der Waals surface area contributed by atoms with Crippen molar-refractivity contribution in [1.29, 1.82) is 0 Å². The number of nitrogens with two attached hydrogens (primary N) is 1. The smallest absolute Gasteiger partial charge is 0.410 e. The second kappa shape index (κ2) is 6.67. The third-order valence-corrected chi connectivity index (χ3v) is 4.72. The van der Waals surface area contributed by atoms with Crippen LogP contribution in [0, 0.1) is 5.82 Å². The molecule has 2 heterocycles. The van der Waals surface area contributed by atoms with E-state index in [1.54, 1.807) is 11.0 Å². The summed E-state index contributed by atoms with van der Waals surface area (Å²) in [4.78, 5) is 17.5. The summed E-state index contributed by atoms with van der Waals surface area (Å²) in [6.45, 7) is 6.68. The fourth-order valence-electron chi connectivity index (χ4n) is 3.68. The highest BCUT2D eigenvalue weighted by Gasteiger charge is 2.37. The second-order valence-electron chi connectivity index (χ2n) is 7.66. The van der Waals surface area contributed by atoms with E-state index in [4.69, 9.17) is 10.5 Å². The fourth-order valence-corrected chi connectivity index (χ4v) is 3.68. The van der Waals surface area contributed by atoms with Crippen LogP contribution in [0.1, 0.15) is 45.1 Å². The first-order chi connectivity index (χ1) is 11.8. The molecule has 1 aliphatic rings. The van der Waals surface area contributed by atoms with Crippen molar-refractivity contribution in [2.75, 3.05) is 13.1 Å². The lowest BCUT2D eigenvalue weighted by atomic mass is 9.89. The Morgan fingerprint density at radius 1 is 1.48 bits per heavy atom. The molecular weight excluding hydrogens is 321 g/mol. The number of halogens is 1.